The molecular formula is C24H39N7O6S. The number of hydrogen-bond acceptors (Lipinski definition) is 8. The van der Waals surface area contributed by atoms with Gasteiger partial charge in [-0.05, 0) is 43.8 Å². The standard InChI is InChI=1S/C24H39N7O6S/c1-14(32)19(22(35)30-18(23(36)37)13-15-7-4-3-5-8-15)31-21(34)17(10-12-38-2)29-20(33)16(25)9-6-11-28-24(26)27/h3-5,7-8,14,16-19,32H,6,9-13,25H2,1-2H3,(H,29,33)(H,30,35)(H,31,34)(H,36,37)(H4,26,27,28). The predicted octanol–water partition coefficient (Wildman–Crippen LogP) is -1.72. The third-order valence-corrected chi connectivity index (χ3v) is 6.15. The maximum Gasteiger partial charge on any atom is 0.326 e. The van der Waals surface area contributed by atoms with Crippen LogP contribution in [0.1, 0.15) is 31.7 Å². The number of nitrogens with zero attached hydrogens (tertiary/aromatic N) is 1. The number of carboxylic acid groups (broad SMARTS) is 1. The van der Waals surface area contributed by atoms with Crippen LogP contribution >= 0.6 is 11.8 Å². The minimum atomic E-state index is -1.46. The van der Waals surface area contributed by atoms with E-state index in [1.54, 1.807) is 30.3 Å². The van der Waals surface area contributed by atoms with Crippen LogP contribution in [0.3, 0.4) is 0 Å². The summed E-state index contributed by atoms with van der Waals surface area (Å²) in [5.74, 6) is -2.97. The summed E-state index contributed by atoms with van der Waals surface area (Å²) in [6, 6.07) is 4.02. The van der Waals surface area contributed by atoms with E-state index in [1.807, 2.05) is 6.26 Å². The molecule has 1 aromatic carbocycles. The fourth-order valence-corrected chi connectivity index (χ4v) is 3.88. The SMILES string of the molecule is CSCCC(NC(=O)C(N)CCCN=C(N)N)C(=O)NC(C(=O)NC(Cc1ccccc1)C(=O)O)C(C)O. The van der Waals surface area contributed by atoms with Gasteiger partial charge in [0, 0.05) is 13.0 Å². The first-order chi connectivity index (χ1) is 18.0. The van der Waals surface area contributed by atoms with Gasteiger partial charge in [0.25, 0.3) is 0 Å². The number of aliphatic carboxylic acids is 1. The Morgan fingerprint density at radius 3 is 2.16 bits per heavy atom. The maximum absolute atomic E-state index is 13.0. The van der Waals surface area contributed by atoms with E-state index in [9.17, 15) is 29.4 Å². The highest BCUT2D eigenvalue weighted by Gasteiger charge is 2.32. The van der Waals surface area contributed by atoms with Crippen LogP contribution in [0.4, 0.5) is 0 Å². The first kappa shape index (κ1) is 32.7. The zero-order valence-corrected chi connectivity index (χ0v) is 22.4. The molecule has 0 saturated carbocycles. The fraction of sp³-hybridized carbons (Fsp3) is 0.542. The van der Waals surface area contributed by atoms with Gasteiger partial charge in [0.05, 0.1) is 12.1 Å². The largest absolute Gasteiger partial charge is 0.480 e. The van der Waals surface area contributed by atoms with Crippen molar-refractivity contribution in [3.05, 3.63) is 35.9 Å². The number of amides is 3. The van der Waals surface area contributed by atoms with Crippen molar-refractivity contribution in [2.24, 2.45) is 22.2 Å². The molecule has 0 aliphatic rings. The minimum absolute atomic E-state index is 0.00979. The van der Waals surface area contributed by atoms with Crippen LogP contribution in [-0.2, 0) is 25.6 Å². The van der Waals surface area contributed by atoms with Crippen molar-refractivity contribution in [1.29, 1.82) is 0 Å². The first-order valence-electron chi connectivity index (χ1n) is 12.1. The molecule has 0 radical (unpaired) electrons. The summed E-state index contributed by atoms with van der Waals surface area (Å²) in [7, 11) is 0. The normalized spacial score (nSPS) is 14.7. The van der Waals surface area contributed by atoms with Gasteiger partial charge < -0.3 is 43.4 Å². The van der Waals surface area contributed by atoms with E-state index >= 15 is 0 Å². The molecule has 0 heterocycles. The molecule has 11 N–H and O–H groups in total. The van der Waals surface area contributed by atoms with Crippen molar-refractivity contribution in [3.8, 4) is 0 Å². The van der Waals surface area contributed by atoms with E-state index in [0.29, 0.717) is 24.3 Å². The Bertz CT molecular complexity index is 943. The molecular weight excluding hydrogens is 514 g/mol. The molecule has 5 atom stereocenters. The highest BCUT2D eigenvalue weighted by molar-refractivity contribution is 7.98. The second-order valence-corrected chi connectivity index (χ2v) is 9.70. The summed E-state index contributed by atoms with van der Waals surface area (Å²) in [6.45, 7) is 1.59. The number of rotatable bonds is 17. The molecule has 0 bridgehead atoms. The Balaban J connectivity index is 2.87. The Morgan fingerprint density at radius 2 is 1.61 bits per heavy atom. The molecule has 212 valence electrons. The van der Waals surface area contributed by atoms with E-state index < -0.39 is 54.0 Å². The topological polar surface area (TPSA) is 235 Å². The lowest BCUT2D eigenvalue weighted by Crippen LogP contribution is -2.60. The highest BCUT2D eigenvalue weighted by atomic mass is 32.2. The summed E-state index contributed by atoms with van der Waals surface area (Å²) in [4.78, 5) is 54.1. The third-order valence-electron chi connectivity index (χ3n) is 5.51. The molecule has 0 fully saturated rings. The third kappa shape index (κ3) is 12.3. The summed E-state index contributed by atoms with van der Waals surface area (Å²) in [6.07, 6.45) is 1.45. The first-order valence-corrected chi connectivity index (χ1v) is 13.5. The molecule has 0 aliphatic carbocycles. The van der Waals surface area contributed by atoms with Crippen LogP contribution in [0.2, 0.25) is 0 Å². The number of carboxylic acids is 1. The quantitative estimate of drug-likeness (QED) is 0.0617. The molecule has 0 spiro atoms. The van der Waals surface area contributed by atoms with Gasteiger partial charge in [-0.2, -0.15) is 11.8 Å². The molecule has 1 aromatic rings. The van der Waals surface area contributed by atoms with Gasteiger partial charge in [-0.25, -0.2) is 4.79 Å². The lowest BCUT2D eigenvalue weighted by Gasteiger charge is -2.26. The molecule has 5 unspecified atom stereocenters. The number of thioether (sulfide) groups is 1. The number of carbonyl (C=O) groups is 4. The Labute approximate surface area is 226 Å². The van der Waals surface area contributed by atoms with Crippen LogP contribution in [-0.4, -0.2) is 88.7 Å². The second kappa shape index (κ2) is 17.2. The van der Waals surface area contributed by atoms with Crippen LogP contribution in [0.5, 0.6) is 0 Å². The van der Waals surface area contributed by atoms with Gasteiger partial charge >= 0.3 is 5.97 Å². The van der Waals surface area contributed by atoms with Crippen molar-refractivity contribution in [2.75, 3.05) is 18.6 Å². The van der Waals surface area contributed by atoms with Gasteiger partial charge in [-0.15, -0.1) is 0 Å². The number of aliphatic hydroxyl groups is 1. The average molecular weight is 554 g/mol. The monoisotopic (exact) mass is 553 g/mol. The van der Waals surface area contributed by atoms with Crippen LogP contribution in [0.25, 0.3) is 0 Å². The maximum atomic E-state index is 13.0. The van der Waals surface area contributed by atoms with Gasteiger partial charge in [0.1, 0.15) is 18.1 Å². The molecule has 0 aromatic heterocycles. The van der Waals surface area contributed by atoms with Crippen molar-refractivity contribution in [2.45, 2.75) is 62.9 Å². The van der Waals surface area contributed by atoms with Crippen LogP contribution in [0, 0.1) is 0 Å². The number of hydrogen-bond donors (Lipinski definition) is 8. The molecule has 38 heavy (non-hydrogen) atoms. The molecule has 14 heteroatoms. The van der Waals surface area contributed by atoms with E-state index in [4.69, 9.17) is 17.2 Å². The van der Waals surface area contributed by atoms with E-state index in [-0.39, 0.29) is 25.2 Å². The Hall–Kier alpha value is -3.36. The van der Waals surface area contributed by atoms with Crippen molar-refractivity contribution >= 4 is 41.4 Å². The lowest BCUT2D eigenvalue weighted by molar-refractivity contribution is -0.143. The zero-order valence-electron chi connectivity index (χ0n) is 21.6. The summed E-state index contributed by atoms with van der Waals surface area (Å²) < 4.78 is 0. The Morgan fingerprint density at radius 1 is 0.974 bits per heavy atom. The van der Waals surface area contributed by atoms with Gasteiger partial charge in [0.15, 0.2) is 5.96 Å². The number of nitrogens with two attached hydrogens (primary N) is 3. The second-order valence-electron chi connectivity index (χ2n) is 8.71. The van der Waals surface area contributed by atoms with Gasteiger partial charge in [0.2, 0.25) is 17.7 Å². The van der Waals surface area contributed by atoms with E-state index in [2.05, 4.69) is 20.9 Å². The van der Waals surface area contributed by atoms with Crippen molar-refractivity contribution < 1.29 is 29.4 Å². The molecule has 3 amide bonds. The number of aliphatic hydroxyl groups excluding tert-OH is 1. The summed E-state index contributed by atoms with van der Waals surface area (Å²) >= 11 is 1.45. The zero-order chi connectivity index (χ0) is 28.7. The number of carbonyl (C=O) groups excluding carboxylic acids is 3. The smallest absolute Gasteiger partial charge is 0.326 e. The fourth-order valence-electron chi connectivity index (χ4n) is 3.40. The summed E-state index contributed by atoms with van der Waals surface area (Å²) in [5, 5.41) is 27.2. The number of benzene rings is 1. The number of guanidine groups is 1. The molecule has 0 saturated heterocycles. The van der Waals surface area contributed by atoms with Crippen molar-refractivity contribution in [1.82, 2.24) is 16.0 Å². The number of aliphatic imine (C=N–C) groups is 1. The van der Waals surface area contributed by atoms with E-state index in [1.165, 1.54) is 18.7 Å². The van der Waals surface area contributed by atoms with Gasteiger partial charge in [-0.3, -0.25) is 19.4 Å². The molecule has 1 rings (SSSR count). The lowest BCUT2D eigenvalue weighted by atomic mass is 10.0. The summed E-state index contributed by atoms with van der Waals surface area (Å²) in [5.41, 5.74) is 17.2. The van der Waals surface area contributed by atoms with E-state index in [0.717, 1.165) is 0 Å². The predicted molar refractivity (Wildman–Crippen MR) is 146 cm³/mol. The Kier molecular flexibility index (Phi) is 14.8. The van der Waals surface area contributed by atoms with Gasteiger partial charge in [-0.1, -0.05) is 30.3 Å². The molecule has 0 aliphatic heterocycles. The highest BCUT2D eigenvalue weighted by Crippen LogP contribution is 2.07. The number of nitrogens with one attached hydrogen (secondary N) is 3. The van der Waals surface area contributed by atoms with Crippen LogP contribution < -0.4 is 33.2 Å². The molecule has 13 nitrogen and oxygen atoms in total. The average Bonchev–Trinajstić information content (AvgIpc) is 2.86. The van der Waals surface area contributed by atoms with Crippen LogP contribution in [0.15, 0.2) is 35.3 Å². The minimum Gasteiger partial charge on any atom is -0.480 e. The van der Waals surface area contributed by atoms with Crippen molar-refractivity contribution in [3.63, 3.8) is 0 Å².